The minimum Gasteiger partial charge on any atom is -0.364 e. The summed E-state index contributed by atoms with van der Waals surface area (Å²) in [7, 11) is 0. The highest BCUT2D eigenvalue weighted by molar-refractivity contribution is 5.91. The molecule has 1 aliphatic heterocycles. The SMILES string of the molecule is Cc1cc2c(nc1NC(=O)CC(C)(C)C)CCCN2Cc1cccc(C#N)n1. The number of amides is 1. The first kappa shape index (κ1) is 19.8. The van der Waals surface area contributed by atoms with Gasteiger partial charge in [-0.05, 0) is 48.9 Å². The molecule has 6 nitrogen and oxygen atoms in total. The van der Waals surface area contributed by atoms with E-state index in [-0.39, 0.29) is 11.3 Å². The van der Waals surface area contributed by atoms with Gasteiger partial charge in [0.25, 0.3) is 0 Å². The van der Waals surface area contributed by atoms with Crippen molar-refractivity contribution in [2.24, 2.45) is 5.41 Å². The molecule has 2 aromatic heterocycles. The number of nitriles is 1. The number of aromatic nitrogens is 2. The smallest absolute Gasteiger partial charge is 0.226 e. The second-order valence-corrected chi connectivity index (χ2v) is 8.56. The highest BCUT2D eigenvalue weighted by Crippen LogP contribution is 2.31. The lowest BCUT2D eigenvalue weighted by molar-refractivity contribution is -0.117. The van der Waals surface area contributed by atoms with E-state index in [4.69, 9.17) is 10.2 Å². The average Bonchev–Trinajstić information content (AvgIpc) is 2.61. The van der Waals surface area contributed by atoms with Gasteiger partial charge in [-0.15, -0.1) is 0 Å². The van der Waals surface area contributed by atoms with Crippen LogP contribution in [0.25, 0.3) is 0 Å². The molecular formula is C22H27N5O. The predicted molar refractivity (Wildman–Crippen MR) is 110 cm³/mol. The van der Waals surface area contributed by atoms with Crippen LogP contribution in [0.5, 0.6) is 0 Å². The van der Waals surface area contributed by atoms with Crippen molar-refractivity contribution < 1.29 is 4.79 Å². The van der Waals surface area contributed by atoms with Gasteiger partial charge in [0.05, 0.1) is 23.6 Å². The number of anilines is 2. The van der Waals surface area contributed by atoms with Gasteiger partial charge in [0.1, 0.15) is 17.6 Å². The van der Waals surface area contributed by atoms with Crippen LogP contribution in [-0.4, -0.2) is 22.4 Å². The van der Waals surface area contributed by atoms with E-state index in [2.05, 4.69) is 27.3 Å². The van der Waals surface area contributed by atoms with E-state index in [1.54, 1.807) is 6.07 Å². The molecule has 0 bridgehead atoms. The third kappa shape index (κ3) is 4.86. The van der Waals surface area contributed by atoms with Crippen LogP contribution in [0.1, 0.15) is 56.3 Å². The van der Waals surface area contributed by atoms with Crippen molar-refractivity contribution >= 4 is 17.4 Å². The molecule has 1 aliphatic rings. The first-order valence-electron chi connectivity index (χ1n) is 9.66. The number of nitrogens with zero attached hydrogens (tertiary/aromatic N) is 4. The Balaban J connectivity index is 1.81. The molecule has 0 fully saturated rings. The summed E-state index contributed by atoms with van der Waals surface area (Å²) in [6.45, 7) is 9.68. The molecule has 6 heteroatoms. The van der Waals surface area contributed by atoms with Gasteiger partial charge < -0.3 is 10.2 Å². The fraction of sp³-hybridized carbons (Fsp3) is 0.455. The normalized spacial score (nSPS) is 13.6. The first-order valence-corrected chi connectivity index (χ1v) is 9.66. The molecule has 0 aromatic carbocycles. The standard InChI is InChI=1S/C22H27N5O/c1-15-11-19-18(25-21(15)26-20(28)12-22(2,3)4)9-6-10-27(19)14-17-8-5-7-16(13-23)24-17/h5,7-8,11H,6,9-10,12,14H2,1-4H3,(H,25,26,28). The summed E-state index contributed by atoms with van der Waals surface area (Å²) in [5.41, 5.74) is 4.27. The molecule has 28 heavy (non-hydrogen) atoms. The van der Waals surface area contributed by atoms with E-state index in [9.17, 15) is 4.79 Å². The maximum Gasteiger partial charge on any atom is 0.226 e. The number of rotatable bonds is 4. The molecule has 2 aromatic rings. The third-order valence-corrected chi connectivity index (χ3v) is 4.67. The molecule has 0 atom stereocenters. The van der Waals surface area contributed by atoms with Crippen LogP contribution in [0, 0.1) is 23.7 Å². The van der Waals surface area contributed by atoms with Gasteiger partial charge in [-0.2, -0.15) is 5.26 Å². The molecule has 3 rings (SSSR count). The van der Waals surface area contributed by atoms with Crippen LogP contribution in [-0.2, 0) is 17.8 Å². The molecule has 1 N–H and O–H groups in total. The van der Waals surface area contributed by atoms with Gasteiger partial charge in [-0.1, -0.05) is 26.8 Å². The van der Waals surface area contributed by atoms with Crippen molar-refractivity contribution in [3.8, 4) is 6.07 Å². The topological polar surface area (TPSA) is 81.9 Å². The van der Waals surface area contributed by atoms with Gasteiger partial charge >= 0.3 is 0 Å². The number of pyridine rings is 2. The van der Waals surface area contributed by atoms with Gasteiger partial charge in [-0.3, -0.25) is 4.79 Å². The zero-order valence-corrected chi connectivity index (χ0v) is 17.0. The molecule has 1 amide bonds. The highest BCUT2D eigenvalue weighted by atomic mass is 16.1. The van der Waals surface area contributed by atoms with E-state index in [0.717, 1.165) is 42.0 Å². The first-order chi connectivity index (χ1) is 13.2. The van der Waals surface area contributed by atoms with E-state index in [1.165, 1.54) is 0 Å². The largest absolute Gasteiger partial charge is 0.364 e. The molecule has 0 unspecified atom stereocenters. The summed E-state index contributed by atoms with van der Waals surface area (Å²) in [6, 6.07) is 9.71. The monoisotopic (exact) mass is 377 g/mol. The second kappa shape index (κ2) is 7.97. The Hall–Kier alpha value is -2.94. The van der Waals surface area contributed by atoms with Gasteiger partial charge in [0, 0.05) is 13.0 Å². The average molecular weight is 377 g/mol. The van der Waals surface area contributed by atoms with E-state index in [1.807, 2.05) is 39.8 Å². The Morgan fingerprint density at radius 3 is 2.82 bits per heavy atom. The van der Waals surface area contributed by atoms with E-state index >= 15 is 0 Å². The number of fused-ring (bicyclic) bond motifs is 1. The minimum atomic E-state index is -0.0615. The zero-order chi connectivity index (χ0) is 20.3. The fourth-order valence-corrected chi connectivity index (χ4v) is 3.43. The van der Waals surface area contributed by atoms with Crippen LogP contribution in [0.3, 0.4) is 0 Å². The van der Waals surface area contributed by atoms with Crippen molar-refractivity contribution in [1.29, 1.82) is 5.26 Å². The van der Waals surface area contributed by atoms with Crippen molar-refractivity contribution in [1.82, 2.24) is 9.97 Å². The van der Waals surface area contributed by atoms with E-state index < -0.39 is 0 Å². The van der Waals surface area contributed by atoms with Crippen molar-refractivity contribution in [2.45, 2.75) is 53.5 Å². The van der Waals surface area contributed by atoms with E-state index in [0.29, 0.717) is 24.5 Å². The zero-order valence-electron chi connectivity index (χ0n) is 17.0. The van der Waals surface area contributed by atoms with Gasteiger partial charge in [0.15, 0.2) is 0 Å². The summed E-state index contributed by atoms with van der Waals surface area (Å²) in [6.07, 6.45) is 2.34. The Kier molecular flexibility index (Phi) is 5.64. The highest BCUT2D eigenvalue weighted by Gasteiger charge is 2.22. The maximum atomic E-state index is 12.3. The van der Waals surface area contributed by atoms with Crippen molar-refractivity contribution in [2.75, 3.05) is 16.8 Å². The molecule has 0 aliphatic carbocycles. The number of carbonyl (C=O) groups is 1. The Morgan fingerprint density at radius 1 is 1.32 bits per heavy atom. The second-order valence-electron chi connectivity index (χ2n) is 8.56. The summed E-state index contributed by atoms with van der Waals surface area (Å²) in [5.74, 6) is 0.646. The molecule has 146 valence electrons. The van der Waals surface area contributed by atoms with Crippen LogP contribution in [0.15, 0.2) is 24.3 Å². The van der Waals surface area contributed by atoms with Crippen molar-refractivity contribution in [3.05, 3.63) is 46.9 Å². The molecular weight excluding hydrogens is 350 g/mol. The molecule has 0 radical (unpaired) electrons. The lowest BCUT2D eigenvalue weighted by Gasteiger charge is -2.31. The number of nitrogens with one attached hydrogen (secondary N) is 1. The summed E-state index contributed by atoms with van der Waals surface area (Å²) < 4.78 is 0. The molecule has 0 saturated carbocycles. The minimum absolute atomic E-state index is 0.00626. The lowest BCUT2D eigenvalue weighted by Crippen LogP contribution is -2.30. The summed E-state index contributed by atoms with van der Waals surface area (Å²) >= 11 is 0. The van der Waals surface area contributed by atoms with Crippen LogP contribution >= 0.6 is 0 Å². The van der Waals surface area contributed by atoms with Gasteiger partial charge in [-0.25, -0.2) is 9.97 Å². The third-order valence-electron chi connectivity index (χ3n) is 4.67. The molecule has 0 spiro atoms. The Morgan fingerprint density at radius 2 is 2.11 bits per heavy atom. The number of carbonyl (C=O) groups excluding carboxylic acids is 1. The number of hydrogen-bond acceptors (Lipinski definition) is 5. The van der Waals surface area contributed by atoms with Crippen LogP contribution in [0.2, 0.25) is 0 Å². The Bertz CT molecular complexity index is 923. The number of aryl methyl sites for hydroxylation is 2. The quantitative estimate of drug-likeness (QED) is 0.871. The Labute approximate surface area is 166 Å². The lowest BCUT2D eigenvalue weighted by atomic mass is 9.92. The van der Waals surface area contributed by atoms with Crippen LogP contribution in [0.4, 0.5) is 11.5 Å². The molecule has 0 saturated heterocycles. The summed E-state index contributed by atoms with van der Waals surface area (Å²) in [4.78, 5) is 23.7. The predicted octanol–water partition coefficient (Wildman–Crippen LogP) is 3.98. The number of hydrogen-bond donors (Lipinski definition) is 1. The summed E-state index contributed by atoms with van der Waals surface area (Å²) in [5, 5.41) is 12.0. The van der Waals surface area contributed by atoms with Crippen LogP contribution < -0.4 is 10.2 Å². The van der Waals surface area contributed by atoms with Gasteiger partial charge in [0.2, 0.25) is 5.91 Å². The van der Waals surface area contributed by atoms with Crippen molar-refractivity contribution in [3.63, 3.8) is 0 Å². The molecule has 3 heterocycles. The fourth-order valence-electron chi connectivity index (χ4n) is 3.43. The maximum absolute atomic E-state index is 12.3.